The van der Waals surface area contributed by atoms with Gasteiger partial charge in [0.2, 0.25) is 0 Å². The molecular weight excluding hydrogens is 441 g/mol. The Labute approximate surface area is 148 Å². The number of aromatic nitrogens is 2. The van der Waals surface area contributed by atoms with Crippen LogP contribution >= 0.6 is 38.5 Å². The van der Waals surface area contributed by atoms with Gasteiger partial charge in [-0.05, 0) is 75.6 Å². The van der Waals surface area contributed by atoms with Gasteiger partial charge in [0.05, 0.1) is 22.4 Å². The Balaban J connectivity index is 2.40. The molecule has 1 unspecified atom stereocenters. The minimum absolute atomic E-state index is 0.172. The van der Waals surface area contributed by atoms with E-state index < -0.39 is 0 Å². The van der Waals surface area contributed by atoms with E-state index in [9.17, 15) is 0 Å². The number of hydrogen-bond donors (Lipinski definition) is 1. The summed E-state index contributed by atoms with van der Waals surface area (Å²) in [7, 11) is 0. The van der Waals surface area contributed by atoms with Gasteiger partial charge in [-0.15, -0.1) is 0 Å². The van der Waals surface area contributed by atoms with E-state index >= 15 is 0 Å². The molecule has 0 aliphatic rings. The van der Waals surface area contributed by atoms with Crippen molar-refractivity contribution >= 4 is 38.5 Å². The lowest BCUT2D eigenvalue weighted by molar-refractivity contribution is 0.510. The van der Waals surface area contributed by atoms with Crippen LogP contribution in [0.15, 0.2) is 34.9 Å². The molecule has 5 heteroatoms. The van der Waals surface area contributed by atoms with E-state index in [-0.39, 0.29) is 6.04 Å². The maximum absolute atomic E-state index is 4.51. The molecule has 0 fully saturated rings. The lowest BCUT2D eigenvalue weighted by Crippen LogP contribution is -2.26. The van der Waals surface area contributed by atoms with Crippen molar-refractivity contribution in [1.82, 2.24) is 15.1 Å². The Kier molecular flexibility index (Phi) is 6.70. The number of aryl methyl sites for hydroxylation is 1. The van der Waals surface area contributed by atoms with Crippen LogP contribution in [0.25, 0.3) is 0 Å². The van der Waals surface area contributed by atoms with Gasteiger partial charge < -0.3 is 5.32 Å². The number of nitrogens with one attached hydrogen (secondary N) is 1. The molecule has 3 nitrogen and oxygen atoms in total. The summed E-state index contributed by atoms with van der Waals surface area (Å²) in [5.74, 6) is 0. The first kappa shape index (κ1) is 17.0. The van der Waals surface area contributed by atoms with Crippen molar-refractivity contribution in [3.8, 4) is 0 Å². The zero-order valence-corrected chi connectivity index (χ0v) is 16.2. The second-order valence-electron chi connectivity index (χ2n) is 5.04. The molecule has 0 saturated heterocycles. The highest BCUT2D eigenvalue weighted by Crippen LogP contribution is 2.29. The molecule has 0 saturated carbocycles. The molecule has 2 rings (SSSR count). The van der Waals surface area contributed by atoms with Crippen molar-refractivity contribution in [3.63, 3.8) is 0 Å². The van der Waals surface area contributed by atoms with Crippen LogP contribution in [0.4, 0.5) is 0 Å². The Morgan fingerprint density at radius 3 is 2.57 bits per heavy atom. The maximum atomic E-state index is 4.51. The van der Waals surface area contributed by atoms with Gasteiger partial charge >= 0.3 is 0 Å². The van der Waals surface area contributed by atoms with Gasteiger partial charge in [-0.1, -0.05) is 26.0 Å². The van der Waals surface area contributed by atoms with Crippen LogP contribution in [0.2, 0.25) is 0 Å². The van der Waals surface area contributed by atoms with Crippen molar-refractivity contribution in [1.29, 1.82) is 0 Å². The van der Waals surface area contributed by atoms with E-state index in [1.807, 2.05) is 6.20 Å². The summed E-state index contributed by atoms with van der Waals surface area (Å²) in [4.78, 5) is 0. The Hall–Kier alpha value is -0.400. The summed E-state index contributed by atoms with van der Waals surface area (Å²) in [6.45, 7) is 6.30. The average Bonchev–Trinajstić information content (AvgIpc) is 2.83. The third-order valence-electron chi connectivity index (χ3n) is 3.34. The third-order valence-corrected chi connectivity index (χ3v) is 4.67. The fourth-order valence-corrected chi connectivity index (χ4v) is 3.25. The average molecular weight is 462 g/mol. The van der Waals surface area contributed by atoms with Crippen molar-refractivity contribution < 1.29 is 0 Å². The van der Waals surface area contributed by atoms with Gasteiger partial charge in [0.15, 0.2) is 0 Å². The van der Waals surface area contributed by atoms with Gasteiger partial charge in [-0.25, -0.2) is 0 Å². The van der Waals surface area contributed by atoms with Crippen molar-refractivity contribution in [3.05, 3.63) is 49.8 Å². The SMILES string of the molecule is CCCNC(c1ccc(I)cc1)c1c(Br)cnn1CCC. The molecule has 0 radical (unpaired) electrons. The van der Waals surface area contributed by atoms with Gasteiger partial charge in [0.25, 0.3) is 0 Å². The van der Waals surface area contributed by atoms with Crippen LogP contribution < -0.4 is 5.32 Å². The number of hydrogen-bond acceptors (Lipinski definition) is 2. The number of halogens is 2. The van der Waals surface area contributed by atoms with E-state index in [0.29, 0.717) is 0 Å². The fourth-order valence-electron chi connectivity index (χ4n) is 2.37. The summed E-state index contributed by atoms with van der Waals surface area (Å²) in [5.41, 5.74) is 2.49. The second kappa shape index (κ2) is 8.29. The first-order chi connectivity index (χ1) is 10.2. The van der Waals surface area contributed by atoms with Crippen molar-refractivity contribution in [2.45, 2.75) is 39.3 Å². The molecule has 0 aliphatic carbocycles. The summed E-state index contributed by atoms with van der Waals surface area (Å²) < 4.78 is 4.44. The number of benzene rings is 1. The molecule has 1 N–H and O–H groups in total. The van der Waals surface area contributed by atoms with Crippen LogP contribution in [-0.2, 0) is 6.54 Å². The molecule has 0 aliphatic heterocycles. The summed E-state index contributed by atoms with van der Waals surface area (Å²) in [6, 6.07) is 8.89. The van der Waals surface area contributed by atoms with Gasteiger partial charge in [-0.3, -0.25) is 4.68 Å². The predicted octanol–water partition coefficient (Wildman–Crippen LogP) is 4.75. The molecule has 1 heterocycles. The maximum Gasteiger partial charge on any atom is 0.0759 e. The van der Waals surface area contributed by atoms with Gasteiger partial charge in [0.1, 0.15) is 0 Å². The Morgan fingerprint density at radius 1 is 1.24 bits per heavy atom. The quantitative estimate of drug-likeness (QED) is 0.603. The lowest BCUT2D eigenvalue weighted by atomic mass is 10.0. The third kappa shape index (κ3) is 4.29. The normalized spacial score (nSPS) is 12.6. The van der Waals surface area contributed by atoms with Crippen LogP contribution in [0.1, 0.15) is 44.0 Å². The molecule has 0 amide bonds. The largest absolute Gasteiger partial charge is 0.305 e. The van der Waals surface area contributed by atoms with E-state index in [1.54, 1.807) is 0 Å². The molecule has 1 aromatic carbocycles. The molecule has 21 heavy (non-hydrogen) atoms. The minimum Gasteiger partial charge on any atom is -0.305 e. The molecule has 0 spiro atoms. The Morgan fingerprint density at radius 2 is 1.95 bits per heavy atom. The minimum atomic E-state index is 0.172. The molecule has 0 bridgehead atoms. The van der Waals surface area contributed by atoms with E-state index in [0.717, 1.165) is 30.4 Å². The first-order valence-corrected chi connectivity index (χ1v) is 9.24. The summed E-state index contributed by atoms with van der Waals surface area (Å²) >= 11 is 6.01. The molecule has 2 aromatic rings. The van der Waals surface area contributed by atoms with E-state index in [1.165, 1.54) is 14.8 Å². The smallest absolute Gasteiger partial charge is 0.0759 e. The van der Waals surface area contributed by atoms with Gasteiger partial charge in [0, 0.05) is 10.1 Å². The van der Waals surface area contributed by atoms with E-state index in [2.05, 4.69) is 91.7 Å². The molecular formula is C16H21BrIN3. The highest BCUT2D eigenvalue weighted by atomic mass is 127. The molecule has 1 atom stereocenters. The molecule has 1 aromatic heterocycles. The first-order valence-electron chi connectivity index (χ1n) is 7.37. The fraction of sp³-hybridized carbons (Fsp3) is 0.438. The zero-order chi connectivity index (χ0) is 15.2. The highest BCUT2D eigenvalue weighted by Gasteiger charge is 2.21. The summed E-state index contributed by atoms with van der Waals surface area (Å²) in [5, 5.41) is 8.16. The zero-order valence-electron chi connectivity index (χ0n) is 12.4. The number of rotatable bonds is 7. The lowest BCUT2D eigenvalue weighted by Gasteiger charge is -2.21. The molecule has 114 valence electrons. The topological polar surface area (TPSA) is 29.9 Å². The second-order valence-corrected chi connectivity index (χ2v) is 7.14. The monoisotopic (exact) mass is 461 g/mol. The van der Waals surface area contributed by atoms with Gasteiger partial charge in [-0.2, -0.15) is 5.10 Å². The summed E-state index contributed by atoms with van der Waals surface area (Å²) in [6.07, 6.45) is 4.09. The van der Waals surface area contributed by atoms with Crippen LogP contribution in [-0.4, -0.2) is 16.3 Å². The van der Waals surface area contributed by atoms with Crippen molar-refractivity contribution in [2.24, 2.45) is 0 Å². The Bertz CT molecular complexity index is 565. The standard InChI is InChI=1S/C16H21BrIN3/c1-3-9-19-15(12-5-7-13(18)8-6-12)16-14(17)11-20-21(16)10-4-2/h5-8,11,15,19H,3-4,9-10H2,1-2H3. The van der Waals surface area contributed by atoms with Crippen LogP contribution in [0, 0.1) is 3.57 Å². The predicted molar refractivity (Wildman–Crippen MR) is 99.5 cm³/mol. The van der Waals surface area contributed by atoms with Crippen molar-refractivity contribution in [2.75, 3.05) is 6.54 Å². The highest BCUT2D eigenvalue weighted by molar-refractivity contribution is 14.1. The van der Waals surface area contributed by atoms with Crippen LogP contribution in [0.3, 0.4) is 0 Å². The number of nitrogens with zero attached hydrogens (tertiary/aromatic N) is 2. The van der Waals surface area contributed by atoms with E-state index in [4.69, 9.17) is 0 Å². The van der Waals surface area contributed by atoms with Crippen LogP contribution in [0.5, 0.6) is 0 Å².